The lowest BCUT2D eigenvalue weighted by molar-refractivity contribution is -0.152. The highest BCUT2D eigenvalue weighted by Crippen LogP contribution is 2.53. The number of nitrogens with zero attached hydrogens (tertiary/aromatic N) is 2. The third kappa shape index (κ3) is 3.26. The molecule has 9 heteroatoms. The first kappa shape index (κ1) is 21.7. The van der Waals surface area contributed by atoms with Crippen LogP contribution < -0.4 is 9.64 Å². The van der Waals surface area contributed by atoms with Crippen LogP contribution in [0.25, 0.3) is 0 Å². The molecule has 2 fully saturated rings. The third-order valence-corrected chi connectivity index (χ3v) is 6.85. The van der Waals surface area contributed by atoms with Crippen LogP contribution in [0.1, 0.15) is 6.42 Å². The predicted molar refractivity (Wildman–Crippen MR) is 116 cm³/mol. The highest BCUT2D eigenvalue weighted by molar-refractivity contribution is 6.05. The number of hydrogen-bond acceptors (Lipinski definition) is 7. The molecule has 2 saturated heterocycles. The zero-order valence-corrected chi connectivity index (χ0v) is 18.3. The number of rotatable bonds is 5. The molecule has 0 radical (unpaired) electrons. The van der Waals surface area contributed by atoms with Crippen LogP contribution >= 0.6 is 0 Å². The predicted octanol–water partition coefficient (Wildman–Crippen LogP) is 0.674. The molecule has 33 heavy (non-hydrogen) atoms. The standard InChI is InChI=1S/C24H26N2O7/c1-31-16-8-6-15(7-9-16)25-11-3-10-24-19(18-17(33-24)5-2-14-32-23(18)30)21(28)26(12-4-13-27)20(24)22(25)29/h2-3,5-10,17-20,27H,4,11-14H2,1H3/t17-,18+,19+,20?,24+/m1/s1. The molecule has 4 aliphatic rings. The number of aliphatic hydroxyl groups excluding tert-OH is 1. The van der Waals surface area contributed by atoms with Gasteiger partial charge < -0.3 is 29.1 Å². The third-order valence-electron chi connectivity index (χ3n) is 6.85. The van der Waals surface area contributed by atoms with Crippen LogP contribution in [-0.2, 0) is 23.9 Å². The largest absolute Gasteiger partial charge is 0.497 e. The summed E-state index contributed by atoms with van der Waals surface area (Å²) in [5.41, 5.74) is -0.632. The number of anilines is 1. The van der Waals surface area contributed by atoms with E-state index in [9.17, 15) is 19.5 Å². The number of cyclic esters (lactones) is 1. The first-order chi connectivity index (χ1) is 16.0. The van der Waals surface area contributed by atoms with Crippen molar-refractivity contribution < 1.29 is 33.7 Å². The highest BCUT2D eigenvalue weighted by Gasteiger charge is 2.71. The van der Waals surface area contributed by atoms with E-state index >= 15 is 0 Å². The number of hydrogen-bond donors (Lipinski definition) is 1. The van der Waals surface area contributed by atoms with Gasteiger partial charge in [-0.1, -0.05) is 18.2 Å². The number of carbonyl (C=O) groups is 3. The van der Waals surface area contributed by atoms with E-state index in [2.05, 4.69) is 0 Å². The Morgan fingerprint density at radius 3 is 2.67 bits per heavy atom. The Bertz CT molecular complexity index is 1020. The molecule has 9 nitrogen and oxygen atoms in total. The molecule has 1 aromatic carbocycles. The topological polar surface area (TPSA) is 106 Å². The monoisotopic (exact) mass is 454 g/mol. The average Bonchev–Trinajstić information content (AvgIpc) is 3.12. The van der Waals surface area contributed by atoms with Crippen molar-refractivity contribution in [1.29, 1.82) is 0 Å². The van der Waals surface area contributed by atoms with Crippen LogP contribution in [0.3, 0.4) is 0 Å². The van der Waals surface area contributed by atoms with Gasteiger partial charge in [-0.05, 0) is 36.8 Å². The Morgan fingerprint density at radius 2 is 1.94 bits per heavy atom. The lowest BCUT2D eigenvalue weighted by atomic mass is 9.78. The fourth-order valence-electron chi connectivity index (χ4n) is 5.44. The van der Waals surface area contributed by atoms with Gasteiger partial charge in [0.2, 0.25) is 5.91 Å². The van der Waals surface area contributed by atoms with E-state index < -0.39 is 35.6 Å². The molecule has 0 saturated carbocycles. The number of amides is 2. The maximum Gasteiger partial charge on any atom is 0.313 e. The molecule has 0 aliphatic carbocycles. The summed E-state index contributed by atoms with van der Waals surface area (Å²) in [6.45, 7) is 0.468. The molecule has 1 N–H and O–H groups in total. The Hall–Kier alpha value is -3.17. The summed E-state index contributed by atoms with van der Waals surface area (Å²) in [5, 5.41) is 9.40. The van der Waals surface area contributed by atoms with E-state index in [1.807, 2.05) is 6.08 Å². The molecule has 1 unspecified atom stereocenters. The van der Waals surface area contributed by atoms with Crippen molar-refractivity contribution in [1.82, 2.24) is 4.90 Å². The van der Waals surface area contributed by atoms with Crippen molar-refractivity contribution in [2.75, 3.05) is 38.3 Å². The van der Waals surface area contributed by atoms with Gasteiger partial charge >= 0.3 is 5.97 Å². The number of esters is 1. The van der Waals surface area contributed by atoms with Crippen molar-refractivity contribution in [2.45, 2.75) is 24.2 Å². The van der Waals surface area contributed by atoms with Crippen LogP contribution in [0.15, 0.2) is 48.6 Å². The molecule has 0 aromatic heterocycles. The maximum atomic E-state index is 14.0. The molecule has 5 rings (SSSR count). The second kappa shape index (κ2) is 8.31. The van der Waals surface area contributed by atoms with E-state index in [4.69, 9.17) is 14.2 Å². The van der Waals surface area contributed by atoms with Gasteiger partial charge in [0.25, 0.3) is 5.91 Å². The quantitative estimate of drug-likeness (QED) is 0.515. The van der Waals surface area contributed by atoms with Crippen molar-refractivity contribution >= 4 is 23.5 Å². The summed E-state index contributed by atoms with van der Waals surface area (Å²) >= 11 is 0. The number of fused-ring (bicyclic) bond motifs is 2. The van der Waals surface area contributed by atoms with Crippen LogP contribution in [0.4, 0.5) is 5.69 Å². The molecule has 1 spiro atoms. The zero-order valence-electron chi connectivity index (χ0n) is 18.3. The SMILES string of the molecule is COc1ccc(N2CC=C[C@]34O[C@@H]5C=CCOC(=O)[C@@H]5[C@H]3C(=O)N(CCCO)C4C2=O)cc1. The minimum absolute atomic E-state index is 0.126. The Labute approximate surface area is 191 Å². The number of ether oxygens (including phenoxy) is 3. The van der Waals surface area contributed by atoms with E-state index in [0.29, 0.717) is 17.9 Å². The molecule has 0 bridgehead atoms. The van der Waals surface area contributed by atoms with Crippen molar-refractivity contribution in [3.63, 3.8) is 0 Å². The number of benzene rings is 1. The van der Waals surface area contributed by atoms with Crippen LogP contribution in [0, 0.1) is 11.8 Å². The summed E-state index contributed by atoms with van der Waals surface area (Å²) in [6, 6.07) is 6.15. The zero-order chi connectivity index (χ0) is 23.2. The van der Waals surface area contributed by atoms with Crippen molar-refractivity contribution in [2.24, 2.45) is 11.8 Å². The summed E-state index contributed by atoms with van der Waals surface area (Å²) in [6.07, 6.45) is 6.70. The minimum Gasteiger partial charge on any atom is -0.497 e. The van der Waals surface area contributed by atoms with Gasteiger partial charge in [0.05, 0.1) is 19.1 Å². The van der Waals surface area contributed by atoms with E-state index in [-0.39, 0.29) is 38.1 Å². The fourth-order valence-corrected chi connectivity index (χ4v) is 5.44. The first-order valence-corrected chi connectivity index (χ1v) is 11.1. The second-order valence-corrected chi connectivity index (χ2v) is 8.56. The summed E-state index contributed by atoms with van der Waals surface area (Å²) < 4.78 is 16.9. The Balaban J connectivity index is 1.58. The maximum absolute atomic E-state index is 14.0. The summed E-state index contributed by atoms with van der Waals surface area (Å²) in [7, 11) is 1.57. The molecule has 1 aromatic rings. The molecule has 2 amide bonds. The van der Waals surface area contributed by atoms with Gasteiger partial charge in [-0.3, -0.25) is 14.4 Å². The number of carbonyl (C=O) groups excluding carboxylic acids is 3. The van der Waals surface area contributed by atoms with E-state index in [0.717, 1.165) is 0 Å². The Morgan fingerprint density at radius 1 is 1.15 bits per heavy atom. The van der Waals surface area contributed by atoms with Crippen LogP contribution in [-0.4, -0.2) is 79.0 Å². The van der Waals surface area contributed by atoms with Gasteiger partial charge in [-0.15, -0.1) is 0 Å². The van der Waals surface area contributed by atoms with Gasteiger partial charge in [0, 0.05) is 25.4 Å². The molecule has 174 valence electrons. The van der Waals surface area contributed by atoms with Gasteiger partial charge in [0.1, 0.15) is 29.9 Å². The number of methoxy groups -OCH3 is 1. The number of aliphatic hydroxyl groups is 1. The van der Waals surface area contributed by atoms with Gasteiger partial charge in [-0.2, -0.15) is 0 Å². The molecule has 4 heterocycles. The van der Waals surface area contributed by atoms with Crippen molar-refractivity contribution in [3.05, 3.63) is 48.6 Å². The average molecular weight is 454 g/mol. The van der Waals surface area contributed by atoms with Crippen molar-refractivity contribution in [3.8, 4) is 5.75 Å². The molecule has 4 aliphatic heterocycles. The first-order valence-electron chi connectivity index (χ1n) is 11.1. The van der Waals surface area contributed by atoms with Gasteiger partial charge in [-0.25, -0.2) is 0 Å². The summed E-state index contributed by atoms with van der Waals surface area (Å²) in [4.78, 5) is 43.5. The number of likely N-dealkylation sites (tertiary alicyclic amines) is 1. The smallest absolute Gasteiger partial charge is 0.313 e. The van der Waals surface area contributed by atoms with Crippen LogP contribution in [0.2, 0.25) is 0 Å². The Kier molecular flexibility index (Phi) is 5.46. The second-order valence-electron chi connectivity index (χ2n) is 8.56. The fraction of sp³-hybridized carbons (Fsp3) is 0.458. The lowest BCUT2D eigenvalue weighted by Crippen LogP contribution is -2.55. The summed E-state index contributed by atoms with van der Waals surface area (Å²) in [5.74, 6) is -2.17. The lowest BCUT2D eigenvalue weighted by Gasteiger charge is -2.35. The van der Waals surface area contributed by atoms with E-state index in [1.54, 1.807) is 54.5 Å². The minimum atomic E-state index is -1.29. The molecular formula is C24H26N2O7. The normalized spacial score (nSPS) is 32.7. The molecule has 5 atom stereocenters. The molecular weight excluding hydrogens is 428 g/mol. The highest BCUT2D eigenvalue weighted by atomic mass is 16.6. The van der Waals surface area contributed by atoms with Crippen LogP contribution in [0.5, 0.6) is 5.75 Å². The van der Waals surface area contributed by atoms with E-state index in [1.165, 1.54) is 4.90 Å². The van der Waals surface area contributed by atoms with Gasteiger partial charge in [0.15, 0.2) is 0 Å².